The smallest absolute Gasteiger partial charge is 0.292 e. The summed E-state index contributed by atoms with van der Waals surface area (Å²) in [6.07, 6.45) is 0.742. The largest absolute Gasteiger partial charge is 0.454 e. The minimum Gasteiger partial charge on any atom is -0.454 e. The van der Waals surface area contributed by atoms with Gasteiger partial charge in [0.25, 0.3) is 5.91 Å². The number of aromatic nitrogens is 3. The molecule has 0 saturated carbocycles. The summed E-state index contributed by atoms with van der Waals surface area (Å²) in [6.45, 7) is 2.65. The molecule has 1 atom stereocenters. The summed E-state index contributed by atoms with van der Waals surface area (Å²) in [6, 6.07) is 15.4. The maximum Gasteiger partial charge on any atom is 0.292 e. The molecule has 2 aromatic heterocycles. The molecule has 1 aliphatic heterocycles. The number of hydrogen-bond donors (Lipinski definition) is 1. The Bertz CT molecular complexity index is 1210. The van der Waals surface area contributed by atoms with Crippen molar-refractivity contribution in [1.82, 2.24) is 20.0 Å². The molecule has 1 N–H and O–H groups in total. The number of nitrogens with zero attached hydrogens (tertiary/aromatic N) is 3. The zero-order chi connectivity index (χ0) is 21.4. The Morgan fingerprint density at radius 3 is 2.87 bits per heavy atom. The standard InChI is InChI=1S/C23H22N4O4/c1-14(9-15-7-8-19-20(10-15)30-13-29-19)18-11-21(31-26-18)23(28)27(2)12-22-24-16-5-3-4-6-17(16)25-22/h3-8,10-11,14H,9,12-13H2,1-2H3,(H,24,25). The topological polar surface area (TPSA) is 93.5 Å². The van der Waals surface area contributed by atoms with Crippen molar-refractivity contribution < 1.29 is 18.8 Å². The van der Waals surface area contributed by atoms with Crippen molar-refractivity contribution in [2.24, 2.45) is 0 Å². The van der Waals surface area contributed by atoms with Crippen molar-refractivity contribution in [3.8, 4) is 11.5 Å². The van der Waals surface area contributed by atoms with Gasteiger partial charge in [0.15, 0.2) is 11.5 Å². The van der Waals surface area contributed by atoms with E-state index in [0.717, 1.165) is 40.2 Å². The molecule has 5 rings (SSSR count). The number of fused-ring (bicyclic) bond motifs is 2. The van der Waals surface area contributed by atoms with Crippen LogP contribution in [0.1, 0.15) is 40.5 Å². The summed E-state index contributed by atoms with van der Waals surface area (Å²) in [4.78, 5) is 22.1. The number of rotatable bonds is 6. The number of imidazole rings is 1. The number of aromatic amines is 1. The van der Waals surface area contributed by atoms with Crippen LogP contribution < -0.4 is 9.47 Å². The first kappa shape index (κ1) is 19.2. The summed E-state index contributed by atoms with van der Waals surface area (Å²) in [5.74, 6) is 2.28. The number of hydrogen-bond acceptors (Lipinski definition) is 6. The van der Waals surface area contributed by atoms with Crippen LogP contribution in [-0.4, -0.2) is 39.8 Å². The minimum atomic E-state index is -0.241. The minimum absolute atomic E-state index is 0.0753. The van der Waals surface area contributed by atoms with Gasteiger partial charge in [-0.2, -0.15) is 0 Å². The number of H-pyrrole nitrogens is 1. The van der Waals surface area contributed by atoms with Gasteiger partial charge in [0.2, 0.25) is 12.6 Å². The lowest BCUT2D eigenvalue weighted by atomic mass is 9.97. The van der Waals surface area contributed by atoms with Crippen LogP contribution in [-0.2, 0) is 13.0 Å². The number of carbonyl (C=O) groups excluding carboxylic acids is 1. The summed E-state index contributed by atoms with van der Waals surface area (Å²) >= 11 is 0. The Morgan fingerprint density at radius 1 is 1.16 bits per heavy atom. The van der Waals surface area contributed by atoms with E-state index in [9.17, 15) is 4.79 Å². The highest BCUT2D eigenvalue weighted by atomic mass is 16.7. The van der Waals surface area contributed by atoms with Gasteiger partial charge in [-0.1, -0.05) is 30.3 Å². The summed E-state index contributed by atoms with van der Waals surface area (Å²) in [5.41, 5.74) is 3.66. The molecule has 0 radical (unpaired) electrons. The van der Waals surface area contributed by atoms with E-state index in [1.165, 1.54) is 0 Å². The number of para-hydroxylation sites is 2. The lowest BCUT2D eigenvalue weighted by Crippen LogP contribution is -2.26. The zero-order valence-electron chi connectivity index (χ0n) is 17.3. The average Bonchev–Trinajstić information content (AvgIpc) is 3.51. The van der Waals surface area contributed by atoms with E-state index < -0.39 is 0 Å². The van der Waals surface area contributed by atoms with Gasteiger partial charge in [-0.3, -0.25) is 4.79 Å². The first-order valence-electron chi connectivity index (χ1n) is 10.1. The maximum absolute atomic E-state index is 12.8. The van der Waals surface area contributed by atoms with Gasteiger partial charge in [-0.15, -0.1) is 0 Å². The monoisotopic (exact) mass is 418 g/mol. The number of ether oxygens (including phenoxy) is 2. The van der Waals surface area contributed by atoms with E-state index in [1.807, 2.05) is 42.5 Å². The van der Waals surface area contributed by atoms with Crippen LogP contribution >= 0.6 is 0 Å². The molecular weight excluding hydrogens is 396 g/mol. The molecule has 2 aromatic carbocycles. The van der Waals surface area contributed by atoms with Gasteiger partial charge >= 0.3 is 0 Å². The summed E-state index contributed by atoms with van der Waals surface area (Å²) < 4.78 is 16.2. The average molecular weight is 418 g/mol. The number of amides is 1. The van der Waals surface area contributed by atoms with E-state index in [0.29, 0.717) is 12.4 Å². The van der Waals surface area contributed by atoms with Gasteiger partial charge in [-0.05, 0) is 36.2 Å². The molecule has 1 unspecified atom stereocenters. The van der Waals surface area contributed by atoms with Gasteiger partial charge in [0.05, 0.1) is 23.3 Å². The van der Waals surface area contributed by atoms with Crippen LogP contribution in [0.4, 0.5) is 0 Å². The van der Waals surface area contributed by atoms with Crippen molar-refractivity contribution >= 4 is 16.9 Å². The molecule has 8 heteroatoms. The van der Waals surface area contributed by atoms with Crippen molar-refractivity contribution in [3.63, 3.8) is 0 Å². The van der Waals surface area contributed by atoms with Gasteiger partial charge < -0.3 is 23.9 Å². The molecule has 1 aliphatic rings. The van der Waals surface area contributed by atoms with E-state index >= 15 is 0 Å². The Balaban J connectivity index is 1.25. The first-order valence-corrected chi connectivity index (χ1v) is 10.1. The number of benzene rings is 2. The van der Waals surface area contributed by atoms with Crippen molar-refractivity contribution in [2.75, 3.05) is 13.8 Å². The van der Waals surface area contributed by atoms with Crippen molar-refractivity contribution in [2.45, 2.75) is 25.8 Å². The van der Waals surface area contributed by atoms with Crippen LogP contribution in [0.5, 0.6) is 11.5 Å². The van der Waals surface area contributed by atoms with E-state index in [2.05, 4.69) is 22.0 Å². The molecule has 8 nitrogen and oxygen atoms in total. The second-order valence-electron chi connectivity index (χ2n) is 7.77. The van der Waals surface area contributed by atoms with Crippen LogP contribution in [0, 0.1) is 0 Å². The predicted octanol–water partition coefficient (Wildman–Crippen LogP) is 3.90. The van der Waals surface area contributed by atoms with Crippen molar-refractivity contribution in [1.29, 1.82) is 0 Å². The molecular formula is C23H22N4O4. The van der Waals surface area contributed by atoms with Gasteiger partial charge in [-0.25, -0.2) is 4.98 Å². The molecule has 0 bridgehead atoms. The number of carbonyl (C=O) groups is 1. The Morgan fingerprint density at radius 2 is 2.00 bits per heavy atom. The third-order valence-electron chi connectivity index (χ3n) is 5.39. The maximum atomic E-state index is 12.8. The molecule has 1 amide bonds. The first-order chi connectivity index (χ1) is 15.1. The van der Waals surface area contributed by atoms with Crippen LogP contribution in [0.25, 0.3) is 11.0 Å². The fourth-order valence-corrected chi connectivity index (χ4v) is 3.71. The molecule has 4 aromatic rings. The second kappa shape index (κ2) is 7.79. The molecule has 158 valence electrons. The third-order valence-corrected chi connectivity index (χ3v) is 5.39. The number of nitrogens with one attached hydrogen (secondary N) is 1. The Labute approximate surface area is 178 Å². The third kappa shape index (κ3) is 3.84. The predicted molar refractivity (Wildman–Crippen MR) is 113 cm³/mol. The molecule has 0 spiro atoms. The quantitative estimate of drug-likeness (QED) is 0.510. The molecule has 3 heterocycles. The fourth-order valence-electron chi connectivity index (χ4n) is 3.71. The molecule has 0 saturated heterocycles. The van der Waals surface area contributed by atoms with Crippen LogP contribution in [0.3, 0.4) is 0 Å². The Kier molecular flexibility index (Phi) is 4.82. The lowest BCUT2D eigenvalue weighted by molar-refractivity contribution is 0.0740. The van der Waals surface area contributed by atoms with E-state index in [1.54, 1.807) is 18.0 Å². The van der Waals surface area contributed by atoms with E-state index in [-0.39, 0.29) is 24.4 Å². The lowest BCUT2D eigenvalue weighted by Gasteiger charge is -2.13. The van der Waals surface area contributed by atoms with Crippen LogP contribution in [0.2, 0.25) is 0 Å². The highest BCUT2D eigenvalue weighted by Gasteiger charge is 2.22. The highest BCUT2D eigenvalue weighted by molar-refractivity contribution is 5.91. The SMILES string of the molecule is CC(Cc1ccc2c(c1)OCO2)c1cc(C(=O)N(C)Cc2nc3ccccc3[nH]2)on1. The molecule has 31 heavy (non-hydrogen) atoms. The summed E-state index contributed by atoms with van der Waals surface area (Å²) in [5, 5.41) is 4.13. The van der Waals surface area contributed by atoms with Crippen molar-refractivity contribution in [3.05, 3.63) is 71.4 Å². The second-order valence-corrected chi connectivity index (χ2v) is 7.77. The van der Waals surface area contributed by atoms with Crippen LogP contribution in [0.15, 0.2) is 53.1 Å². The van der Waals surface area contributed by atoms with E-state index in [4.69, 9.17) is 14.0 Å². The Hall–Kier alpha value is -3.81. The van der Waals surface area contributed by atoms with Gasteiger partial charge in [0.1, 0.15) is 5.82 Å². The molecule has 0 fully saturated rings. The molecule has 0 aliphatic carbocycles. The summed E-state index contributed by atoms with van der Waals surface area (Å²) in [7, 11) is 1.72. The fraction of sp³-hybridized carbons (Fsp3) is 0.261. The van der Waals surface area contributed by atoms with Gasteiger partial charge in [0, 0.05) is 19.0 Å². The normalized spacial score (nSPS) is 13.5. The highest BCUT2D eigenvalue weighted by Crippen LogP contribution is 2.34. The zero-order valence-corrected chi connectivity index (χ0v) is 17.3.